The molecule has 1 saturated heterocycles. The first-order valence-electron chi connectivity index (χ1n) is 6.24. The van der Waals surface area contributed by atoms with Crippen molar-refractivity contribution in [3.63, 3.8) is 0 Å². The predicted octanol–water partition coefficient (Wildman–Crippen LogP) is 1.17. The minimum Gasteiger partial charge on any atom is -0.481 e. The number of hydrogen-bond acceptors (Lipinski definition) is 3. The van der Waals surface area contributed by atoms with E-state index < -0.39 is 5.97 Å². The van der Waals surface area contributed by atoms with Crippen LogP contribution in [0.15, 0.2) is 0 Å². The molecule has 1 heterocycles. The van der Waals surface area contributed by atoms with Crippen molar-refractivity contribution in [2.45, 2.75) is 38.5 Å². The lowest BCUT2D eigenvalue weighted by Crippen LogP contribution is -2.33. The van der Waals surface area contributed by atoms with Gasteiger partial charge < -0.3 is 15.2 Å². The molecule has 98 valence electrons. The summed E-state index contributed by atoms with van der Waals surface area (Å²) >= 11 is 0. The average molecular weight is 243 g/mol. The molecule has 0 spiro atoms. The van der Waals surface area contributed by atoms with E-state index in [0.717, 1.165) is 26.1 Å². The van der Waals surface area contributed by atoms with Crippen LogP contribution >= 0.6 is 0 Å². The van der Waals surface area contributed by atoms with Gasteiger partial charge in [0.05, 0.1) is 6.61 Å². The molecule has 1 rings (SSSR count). The third-order valence-electron chi connectivity index (χ3n) is 2.89. The highest BCUT2D eigenvalue weighted by Gasteiger charge is 2.14. The number of rotatable bonds is 7. The van der Waals surface area contributed by atoms with Gasteiger partial charge in [0.25, 0.3) is 0 Å². The molecule has 1 amide bonds. The molecule has 0 saturated carbocycles. The summed E-state index contributed by atoms with van der Waals surface area (Å²) in [5.74, 6) is -0.350. The van der Waals surface area contributed by atoms with Gasteiger partial charge in [-0.05, 0) is 31.6 Å². The van der Waals surface area contributed by atoms with Crippen molar-refractivity contribution in [2.24, 2.45) is 5.92 Å². The molecule has 17 heavy (non-hydrogen) atoms. The Bertz CT molecular complexity index is 249. The van der Waals surface area contributed by atoms with Gasteiger partial charge in [-0.1, -0.05) is 0 Å². The molecule has 1 aliphatic rings. The van der Waals surface area contributed by atoms with E-state index in [1.165, 1.54) is 0 Å². The Hall–Kier alpha value is -1.10. The van der Waals surface area contributed by atoms with Crippen LogP contribution in [0.25, 0.3) is 0 Å². The van der Waals surface area contributed by atoms with Crippen molar-refractivity contribution >= 4 is 11.9 Å². The van der Waals surface area contributed by atoms with Crippen LogP contribution in [0.2, 0.25) is 0 Å². The third kappa shape index (κ3) is 6.94. The Morgan fingerprint density at radius 2 is 2.06 bits per heavy atom. The molecule has 5 nitrogen and oxygen atoms in total. The predicted molar refractivity (Wildman–Crippen MR) is 62.7 cm³/mol. The van der Waals surface area contributed by atoms with E-state index in [0.29, 0.717) is 31.7 Å². The second kappa shape index (κ2) is 8.06. The normalized spacial score (nSPS) is 19.9. The fraction of sp³-hybridized carbons (Fsp3) is 0.833. The van der Waals surface area contributed by atoms with Gasteiger partial charge in [-0.3, -0.25) is 9.59 Å². The number of carbonyl (C=O) groups is 2. The maximum Gasteiger partial charge on any atom is 0.303 e. The Kier molecular flexibility index (Phi) is 6.62. The summed E-state index contributed by atoms with van der Waals surface area (Å²) < 4.78 is 5.32. The monoisotopic (exact) mass is 243 g/mol. The molecule has 1 atom stereocenters. The van der Waals surface area contributed by atoms with Crippen LogP contribution in [-0.2, 0) is 14.3 Å². The van der Waals surface area contributed by atoms with E-state index >= 15 is 0 Å². The van der Waals surface area contributed by atoms with Crippen LogP contribution in [-0.4, -0.2) is 36.7 Å². The number of carbonyl (C=O) groups excluding carboxylic acids is 1. The van der Waals surface area contributed by atoms with E-state index in [1.807, 2.05) is 0 Å². The molecule has 0 unspecified atom stereocenters. The minimum atomic E-state index is -0.801. The number of ether oxygens (including phenoxy) is 1. The first-order chi connectivity index (χ1) is 8.18. The molecule has 5 heteroatoms. The van der Waals surface area contributed by atoms with Gasteiger partial charge in [0.2, 0.25) is 5.91 Å². The van der Waals surface area contributed by atoms with Crippen LogP contribution in [0.5, 0.6) is 0 Å². The lowest BCUT2D eigenvalue weighted by atomic mass is 10.0. The van der Waals surface area contributed by atoms with E-state index in [1.54, 1.807) is 0 Å². The van der Waals surface area contributed by atoms with Gasteiger partial charge in [0, 0.05) is 26.0 Å². The summed E-state index contributed by atoms with van der Waals surface area (Å²) in [6.45, 7) is 2.25. The summed E-state index contributed by atoms with van der Waals surface area (Å²) in [5.41, 5.74) is 0. The number of carboxylic acid groups (broad SMARTS) is 1. The van der Waals surface area contributed by atoms with Gasteiger partial charge >= 0.3 is 5.97 Å². The Balaban J connectivity index is 1.98. The summed E-state index contributed by atoms with van der Waals surface area (Å²) in [6.07, 6.45) is 3.94. The maximum atomic E-state index is 11.4. The highest BCUT2D eigenvalue weighted by molar-refractivity contribution is 5.75. The third-order valence-corrected chi connectivity index (χ3v) is 2.89. The Morgan fingerprint density at radius 1 is 1.29 bits per heavy atom. The lowest BCUT2D eigenvalue weighted by molar-refractivity contribution is -0.137. The second-order valence-electron chi connectivity index (χ2n) is 4.49. The number of nitrogens with one attached hydrogen (secondary N) is 1. The Morgan fingerprint density at radius 3 is 2.71 bits per heavy atom. The van der Waals surface area contributed by atoms with Gasteiger partial charge in [-0.15, -0.1) is 0 Å². The molecule has 1 aliphatic heterocycles. The van der Waals surface area contributed by atoms with Gasteiger partial charge in [-0.25, -0.2) is 0 Å². The zero-order valence-electron chi connectivity index (χ0n) is 10.1. The molecular formula is C12H21NO4. The highest BCUT2D eigenvalue weighted by Crippen LogP contribution is 2.12. The zero-order valence-corrected chi connectivity index (χ0v) is 10.1. The van der Waals surface area contributed by atoms with Crippen molar-refractivity contribution < 1.29 is 19.4 Å². The van der Waals surface area contributed by atoms with Crippen LogP contribution in [0.4, 0.5) is 0 Å². The number of unbranched alkanes of at least 4 members (excludes halogenated alkanes) is 1. The van der Waals surface area contributed by atoms with Crippen molar-refractivity contribution in [2.75, 3.05) is 19.8 Å². The first-order valence-corrected chi connectivity index (χ1v) is 6.24. The summed E-state index contributed by atoms with van der Waals surface area (Å²) in [4.78, 5) is 21.7. The van der Waals surface area contributed by atoms with Crippen LogP contribution in [0.3, 0.4) is 0 Å². The SMILES string of the molecule is O=C(O)CCCCC(=O)NC[C@H]1CCCOC1. The molecule has 0 aromatic carbocycles. The summed E-state index contributed by atoms with van der Waals surface area (Å²) in [6, 6.07) is 0. The second-order valence-corrected chi connectivity index (χ2v) is 4.49. The van der Waals surface area contributed by atoms with Gasteiger partial charge in [0.1, 0.15) is 0 Å². The number of amides is 1. The molecule has 1 fully saturated rings. The van der Waals surface area contributed by atoms with Crippen LogP contribution in [0.1, 0.15) is 38.5 Å². The summed E-state index contributed by atoms with van der Waals surface area (Å²) in [5, 5.41) is 11.3. The smallest absolute Gasteiger partial charge is 0.303 e. The number of carboxylic acids is 1. The Labute approximate surface area is 102 Å². The quantitative estimate of drug-likeness (QED) is 0.658. The molecule has 2 N–H and O–H groups in total. The molecule has 0 radical (unpaired) electrons. The van der Waals surface area contributed by atoms with Crippen LogP contribution < -0.4 is 5.32 Å². The van der Waals surface area contributed by atoms with Crippen molar-refractivity contribution in [3.8, 4) is 0 Å². The largest absolute Gasteiger partial charge is 0.481 e. The van der Waals surface area contributed by atoms with Gasteiger partial charge in [-0.2, -0.15) is 0 Å². The van der Waals surface area contributed by atoms with Crippen molar-refractivity contribution in [1.29, 1.82) is 0 Å². The lowest BCUT2D eigenvalue weighted by Gasteiger charge is -2.22. The fourth-order valence-corrected chi connectivity index (χ4v) is 1.88. The molecule has 0 aromatic rings. The first kappa shape index (κ1) is 14.0. The standard InChI is InChI=1S/C12H21NO4/c14-11(5-1-2-6-12(15)16)13-8-10-4-3-7-17-9-10/h10H,1-9H2,(H,13,14)(H,15,16)/t10-/m1/s1. The minimum absolute atomic E-state index is 0.0148. The maximum absolute atomic E-state index is 11.4. The highest BCUT2D eigenvalue weighted by atomic mass is 16.5. The van der Waals surface area contributed by atoms with Crippen molar-refractivity contribution in [3.05, 3.63) is 0 Å². The fourth-order valence-electron chi connectivity index (χ4n) is 1.88. The molecular weight excluding hydrogens is 222 g/mol. The number of hydrogen-bond donors (Lipinski definition) is 2. The van der Waals surface area contributed by atoms with E-state index in [2.05, 4.69) is 5.32 Å². The molecule has 0 aliphatic carbocycles. The van der Waals surface area contributed by atoms with Crippen LogP contribution in [0, 0.1) is 5.92 Å². The molecule has 0 bridgehead atoms. The summed E-state index contributed by atoms with van der Waals surface area (Å²) in [7, 11) is 0. The molecule has 0 aromatic heterocycles. The number of aliphatic carboxylic acids is 1. The van der Waals surface area contributed by atoms with E-state index in [4.69, 9.17) is 9.84 Å². The zero-order chi connectivity index (χ0) is 12.5. The van der Waals surface area contributed by atoms with E-state index in [-0.39, 0.29) is 12.3 Å². The topological polar surface area (TPSA) is 75.6 Å². The average Bonchev–Trinajstić information content (AvgIpc) is 2.33. The van der Waals surface area contributed by atoms with Gasteiger partial charge in [0.15, 0.2) is 0 Å². The van der Waals surface area contributed by atoms with Crippen molar-refractivity contribution in [1.82, 2.24) is 5.32 Å². The van der Waals surface area contributed by atoms with E-state index in [9.17, 15) is 9.59 Å².